The predicted molar refractivity (Wildman–Crippen MR) is 203 cm³/mol. The highest BCUT2D eigenvalue weighted by Gasteiger charge is 2.44. The second-order valence-electron chi connectivity index (χ2n) is 14.7. The lowest BCUT2D eigenvalue weighted by atomic mass is 9.68. The molecule has 282 valence electrons. The van der Waals surface area contributed by atoms with Gasteiger partial charge in [0.05, 0.1) is 44.6 Å². The summed E-state index contributed by atoms with van der Waals surface area (Å²) >= 11 is 6.46. The third-order valence-corrected chi connectivity index (χ3v) is 13.3. The minimum absolute atomic E-state index is 0.000557. The number of aryl methyl sites for hydroxylation is 1. The van der Waals surface area contributed by atoms with Gasteiger partial charge in [-0.1, -0.05) is 36.7 Å². The monoisotopic (exact) mass is 763 g/mol. The molecule has 1 fully saturated rings. The van der Waals surface area contributed by atoms with Gasteiger partial charge in [-0.05, 0) is 97.7 Å². The number of allylic oxidation sites excluding steroid dienone is 1. The minimum atomic E-state index is -3.67. The highest BCUT2D eigenvalue weighted by molar-refractivity contribution is 7.92. The zero-order valence-corrected chi connectivity index (χ0v) is 32.1. The van der Waals surface area contributed by atoms with E-state index in [0.29, 0.717) is 37.2 Å². The second kappa shape index (κ2) is 15.3. The minimum Gasteiger partial charge on any atom is -0.490 e. The summed E-state index contributed by atoms with van der Waals surface area (Å²) in [4.78, 5) is 38.1. The topological polar surface area (TPSA) is 142 Å². The molecule has 3 aromatic rings. The van der Waals surface area contributed by atoms with Crippen LogP contribution in [0.5, 0.6) is 17.6 Å². The van der Waals surface area contributed by atoms with Gasteiger partial charge in [-0.2, -0.15) is 4.98 Å². The summed E-state index contributed by atoms with van der Waals surface area (Å²) in [6.07, 6.45) is 10.9. The Balaban J connectivity index is 1.30. The molecule has 2 amide bonds. The van der Waals surface area contributed by atoms with E-state index in [1.807, 2.05) is 19.1 Å². The average Bonchev–Trinajstić information content (AvgIpc) is 3.28. The molecule has 0 radical (unpaired) electrons. The number of carbonyl (C=O) groups is 2. The van der Waals surface area contributed by atoms with E-state index in [9.17, 15) is 13.8 Å². The van der Waals surface area contributed by atoms with Crippen LogP contribution in [-0.4, -0.2) is 78.9 Å². The molecule has 7 rings (SSSR count). The lowest BCUT2D eigenvalue weighted by molar-refractivity contribution is 0.0131. The van der Waals surface area contributed by atoms with Crippen LogP contribution in [0, 0.1) is 17.8 Å². The van der Waals surface area contributed by atoms with Gasteiger partial charge < -0.3 is 23.8 Å². The van der Waals surface area contributed by atoms with Gasteiger partial charge in [0.15, 0.2) is 0 Å². The molecule has 2 aliphatic heterocycles. The molecule has 2 aliphatic carbocycles. The van der Waals surface area contributed by atoms with E-state index >= 15 is 0 Å². The number of fused-ring (bicyclic) bond motifs is 4. The molecule has 1 spiro atoms. The van der Waals surface area contributed by atoms with E-state index in [4.69, 9.17) is 30.5 Å². The maximum atomic E-state index is 14.6. The van der Waals surface area contributed by atoms with Crippen molar-refractivity contribution in [3.8, 4) is 17.6 Å². The number of ether oxygens (including phenoxy) is 4. The smallest absolute Gasteiger partial charge is 0.319 e. The lowest BCUT2D eigenvalue weighted by Gasteiger charge is -2.46. The number of nitrogens with zero attached hydrogens (tertiary/aromatic N) is 4. The van der Waals surface area contributed by atoms with Gasteiger partial charge in [-0.3, -0.25) is 14.3 Å². The SMILES string of the molecule is COc1ncc(C(=O)NS2(=O)=NC(=O)c3ccc4c(c3)N(C[C@@H]3CC[C@H]3[C@@H](OC)/C=C\C[C@H](C)C2)C[C@@]2(CCCc3cc(Cl)ccc32)CO4)c(OC)n1. The molecular formula is C39H46ClN5O7S. The van der Waals surface area contributed by atoms with Crippen LogP contribution >= 0.6 is 11.6 Å². The van der Waals surface area contributed by atoms with Crippen LogP contribution in [0.4, 0.5) is 5.69 Å². The van der Waals surface area contributed by atoms with E-state index < -0.39 is 21.7 Å². The number of hydrogen-bond donors (Lipinski definition) is 1. The Morgan fingerprint density at radius 3 is 2.74 bits per heavy atom. The van der Waals surface area contributed by atoms with Crippen LogP contribution in [0.2, 0.25) is 5.02 Å². The second-order valence-corrected chi connectivity index (χ2v) is 17.1. The number of benzene rings is 2. The van der Waals surface area contributed by atoms with Gasteiger partial charge >= 0.3 is 6.01 Å². The molecule has 0 saturated heterocycles. The number of aromatic nitrogens is 2. The van der Waals surface area contributed by atoms with Crippen molar-refractivity contribution >= 4 is 39.0 Å². The van der Waals surface area contributed by atoms with Gasteiger partial charge in [0.2, 0.25) is 5.88 Å². The van der Waals surface area contributed by atoms with Crippen LogP contribution < -0.4 is 23.8 Å². The van der Waals surface area contributed by atoms with E-state index in [-0.39, 0.29) is 46.2 Å². The number of anilines is 1. The Labute approximate surface area is 315 Å². The fourth-order valence-electron chi connectivity index (χ4n) is 8.33. The fourth-order valence-corrected chi connectivity index (χ4v) is 10.4. The van der Waals surface area contributed by atoms with Gasteiger partial charge in [0, 0.05) is 36.2 Å². The Kier molecular flexibility index (Phi) is 10.7. The maximum Gasteiger partial charge on any atom is 0.319 e. The zero-order chi connectivity index (χ0) is 37.3. The van der Waals surface area contributed by atoms with Crippen LogP contribution in [0.1, 0.15) is 70.9 Å². The number of halogens is 1. The molecule has 2 aromatic carbocycles. The molecule has 1 N–H and O–H groups in total. The third-order valence-electron chi connectivity index (χ3n) is 11.1. The normalized spacial score (nSPS) is 28.9. The van der Waals surface area contributed by atoms with Gasteiger partial charge in [-0.25, -0.2) is 9.19 Å². The lowest BCUT2D eigenvalue weighted by Crippen LogP contribution is -2.49. The Bertz CT molecular complexity index is 2050. The van der Waals surface area contributed by atoms with Crippen LogP contribution in [0.3, 0.4) is 0 Å². The van der Waals surface area contributed by atoms with Crippen molar-refractivity contribution in [3.63, 3.8) is 0 Å². The summed E-state index contributed by atoms with van der Waals surface area (Å²) in [5, 5.41) is 0.727. The van der Waals surface area contributed by atoms with Crippen molar-refractivity contribution < 1.29 is 32.7 Å². The van der Waals surface area contributed by atoms with Crippen LogP contribution in [0.15, 0.2) is 59.1 Å². The first kappa shape index (κ1) is 37.1. The van der Waals surface area contributed by atoms with Crippen molar-refractivity contribution in [2.45, 2.75) is 57.0 Å². The van der Waals surface area contributed by atoms with Crippen molar-refractivity contribution in [2.24, 2.45) is 22.1 Å². The molecular weight excluding hydrogens is 718 g/mol. The fraction of sp³-hybridized carbons (Fsp3) is 0.487. The van der Waals surface area contributed by atoms with E-state index in [2.05, 4.69) is 42.2 Å². The first-order chi connectivity index (χ1) is 25.5. The zero-order valence-electron chi connectivity index (χ0n) is 30.5. The molecule has 53 heavy (non-hydrogen) atoms. The standard InChI is InChI=1S/C39H46ClN5O7S/c1-24-7-5-9-33(49-2)29-13-10-27(29)20-45-22-39(16-6-8-25-17-28(40)12-14-31(25)39)23-52-34-15-11-26(18-32(34)45)35(46)43-53(48,21-24)44-36(47)30-19-41-38(51-4)42-37(30)50-3/h5,9,11-12,14-15,17-19,24,27,29,33H,6-8,10,13,16,20-23H2,1-4H3,(H,43,44,46,47,48)/b9-5-/t24-,27-,29+,33-,39-,53?/m0/s1. The molecule has 6 atom stereocenters. The Morgan fingerprint density at radius 1 is 1.13 bits per heavy atom. The third kappa shape index (κ3) is 7.61. The molecule has 12 nitrogen and oxygen atoms in total. The van der Waals surface area contributed by atoms with Crippen molar-refractivity contribution in [3.05, 3.63) is 82.0 Å². The molecule has 1 saturated carbocycles. The first-order valence-electron chi connectivity index (χ1n) is 18.1. The number of methoxy groups -OCH3 is 3. The summed E-state index contributed by atoms with van der Waals surface area (Å²) in [6, 6.07) is 11.4. The Morgan fingerprint density at radius 2 is 1.98 bits per heavy atom. The van der Waals surface area contributed by atoms with Crippen LogP contribution in [0.25, 0.3) is 0 Å². The number of nitrogens with one attached hydrogen (secondary N) is 1. The molecule has 14 heteroatoms. The number of amides is 2. The number of hydrogen-bond acceptors (Lipinski definition) is 10. The summed E-state index contributed by atoms with van der Waals surface area (Å²) in [5.41, 5.74) is 3.18. The molecule has 3 heterocycles. The van der Waals surface area contributed by atoms with Crippen LogP contribution in [-0.2, 0) is 26.5 Å². The molecule has 1 aromatic heterocycles. The predicted octanol–water partition coefficient (Wildman–Crippen LogP) is 6.21. The van der Waals surface area contributed by atoms with E-state index in [1.54, 1.807) is 25.3 Å². The largest absolute Gasteiger partial charge is 0.490 e. The molecule has 2 bridgehead atoms. The maximum absolute atomic E-state index is 14.6. The van der Waals surface area contributed by atoms with Gasteiger partial charge in [0.25, 0.3) is 11.8 Å². The molecule has 1 unspecified atom stereocenters. The highest BCUT2D eigenvalue weighted by atomic mass is 35.5. The van der Waals surface area contributed by atoms with E-state index in [1.165, 1.54) is 31.5 Å². The number of carbonyl (C=O) groups excluding carboxylic acids is 2. The van der Waals surface area contributed by atoms with Crippen molar-refractivity contribution in [1.29, 1.82) is 0 Å². The molecule has 4 aliphatic rings. The van der Waals surface area contributed by atoms with Gasteiger partial charge in [0.1, 0.15) is 21.2 Å². The first-order valence-corrected chi connectivity index (χ1v) is 20.2. The van der Waals surface area contributed by atoms with Crippen molar-refractivity contribution in [1.82, 2.24) is 14.7 Å². The van der Waals surface area contributed by atoms with Crippen molar-refractivity contribution in [2.75, 3.05) is 51.7 Å². The van der Waals surface area contributed by atoms with Gasteiger partial charge in [-0.15, -0.1) is 4.36 Å². The average molecular weight is 764 g/mol. The highest BCUT2D eigenvalue weighted by Crippen LogP contribution is 2.47. The van der Waals surface area contributed by atoms with E-state index in [0.717, 1.165) is 49.4 Å². The summed E-state index contributed by atoms with van der Waals surface area (Å²) in [7, 11) is 0.817. The summed E-state index contributed by atoms with van der Waals surface area (Å²) in [5.74, 6) is -0.512. The quantitative estimate of drug-likeness (QED) is 0.298. The number of rotatable bonds is 5. The summed E-state index contributed by atoms with van der Waals surface area (Å²) < 4.78 is 44.5. The Hall–Kier alpha value is -4.20. The summed E-state index contributed by atoms with van der Waals surface area (Å²) in [6.45, 7) is 3.84.